The number of anilines is 2. The van der Waals surface area contributed by atoms with Crippen LogP contribution in [0.4, 0.5) is 11.5 Å². The lowest BCUT2D eigenvalue weighted by Gasteiger charge is -2.10. The molecule has 3 rings (SSSR count). The first-order valence-electron chi connectivity index (χ1n) is 8.21. The third-order valence-corrected chi connectivity index (χ3v) is 4.41. The van der Waals surface area contributed by atoms with E-state index in [2.05, 4.69) is 20.6 Å². The van der Waals surface area contributed by atoms with Gasteiger partial charge in [-0.15, -0.1) is 0 Å². The number of nitrogens with one attached hydrogen (secondary N) is 2. The number of halogens is 1. The van der Waals surface area contributed by atoms with Crippen molar-refractivity contribution in [3.8, 4) is 0 Å². The van der Waals surface area contributed by atoms with Crippen LogP contribution in [-0.2, 0) is 6.54 Å². The Hall–Kier alpha value is -2.92. The number of nitrogens with zero attached hydrogens (tertiary/aromatic N) is 2. The molecule has 0 fully saturated rings. The SMILES string of the molecule is Cc1ccc(CNC(=O)c2cc(Nc3cccc(Cl)c3C)ncn2)cc1. The molecular formula is C20H19ClN4O. The van der Waals surface area contributed by atoms with Crippen molar-refractivity contribution in [2.45, 2.75) is 20.4 Å². The van der Waals surface area contributed by atoms with E-state index >= 15 is 0 Å². The second kappa shape index (κ2) is 7.97. The molecule has 0 atom stereocenters. The van der Waals surface area contributed by atoms with Gasteiger partial charge in [-0.05, 0) is 37.1 Å². The summed E-state index contributed by atoms with van der Waals surface area (Å²) in [5.41, 5.74) is 4.27. The smallest absolute Gasteiger partial charge is 0.270 e. The molecule has 0 aliphatic heterocycles. The van der Waals surface area contributed by atoms with Crippen LogP contribution < -0.4 is 10.6 Å². The number of amides is 1. The standard InChI is InChI=1S/C20H19ClN4O/c1-13-6-8-15(9-7-13)11-22-20(26)18-10-19(24-12-23-18)25-17-5-3-4-16(21)14(17)2/h3-10,12H,11H2,1-2H3,(H,22,26)(H,23,24,25). The highest BCUT2D eigenvalue weighted by atomic mass is 35.5. The van der Waals surface area contributed by atoms with Gasteiger partial charge < -0.3 is 10.6 Å². The van der Waals surface area contributed by atoms with Crippen LogP contribution in [0.2, 0.25) is 5.02 Å². The first-order valence-corrected chi connectivity index (χ1v) is 8.58. The van der Waals surface area contributed by atoms with E-state index in [9.17, 15) is 4.79 Å². The van der Waals surface area contributed by atoms with Gasteiger partial charge in [0.2, 0.25) is 0 Å². The van der Waals surface area contributed by atoms with Gasteiger partial charge in [-0.3, -0.25) is 4.79 Å². The van der Waals surface area contributed by atoms with Crippen LogP contribution in [0.25, 0.3) is 0 Å². The van der Waals surface area contributed by atoms with Gasteiger partial charge >= 0.3 is 0 Å². The fourth-order valence-corrected chi connectivity index (χ4v) is 2.58. The Morgan fingerprint density at radius 2 is 1.85 bits per heavy atom. The van der Waals surface area contributed by atoms with E-state index in [0.29, 0.717) is 23.1 Å². The van der Waals surface area contributed by atoms with Gasteiger partial charge in [0, 0.05) is 23.3 Å². The summed E-state index contributed by atoms with van der Waals surface area (Å²) in [7, 11) is 0. The Kier molecular flexibility index (Phi) is 5.49. The van der Waals surface area contributed by atoms with Gasteiger partial charge in [0.05, 0.1) is 0 Å². The minimum absolute atomic E-state index is 0.251. The lowest BCUT2D eigenvalue weighted by atomic mass is 10.1. The van der Waals surface area contributed by atoms with E-state index in [-0.39, 0.29) is 5.91 Å². The maximum atomic E-state index is 12.4. The van der Waals surface area contributed by atoms with E-state index in [1.807, 2.05) is 56.3 Å². The van der Waals surface area contributed by atoms with Gasteiger partial charge in [-0.25, -0.2) is 9.97 Å². The van der Waals surface area contributed by atoms with Crippen LogP contribution >= 0.6 is 11.6 Å². The molecule has 0 saturated heterocycles. The molecule has 26 heavy (non-hydrogen) atoms. The Labute approximate surface area is 157 Å². The molecule has 0 aliphatic carbocycles. The molecule has 0 radical (unpaired) electrons. The molecule has 0 spiro atoms. The highest BCUT2D eigenvalue weighted by Gasteiger charge is 2.10. The molecule has 2 N–H and O–H groups in total. The zero-order chi connectivity index (χ0) is 18.5. The molecule has 0 bridgehead atoms. The normalized spacial score (nSPS) is 10.4. The number of aryl methyl sites for hydroxylation is 1. The lowest BCUT2D eigenvalue weighted by Crippen LogP contribution is -2.24. The number of hydrogen-bond donors (Lipinski definition) is 2. The van der Waals surface area contributed by atoms with Crippen molar-refractivity contribution < 1.29 is 4.79 Å². The summed E-state index contributed by atoms with van der Waals surface area (Å²) < 4.78 is 0. The van der Waals surface area contributed by atoms with Gasteiger partial charge in [0.15, 0.2) is 0 Å². The Morgan fingerprint density at radius 3 is 2.62 bits per heavy atom. The zero-order valence-electron chi connectivity index (χ0n) is 14.6. The van der Waals surface area contributed by atoms with Gasteiger partial charge in [0.25, 0.3) is 5.91 Å². The highest BCUT2D eigenvalue weighted by molar-refractivity contribution is 6.31. The van der Waals surface area contributed by atoms with Gasteiger partial charge in [-0.2, -0.15) is 0 Å². The van der Waals surface area contributed by atoms with E-state index < -0.39 is 0 Å². The minimum atomic E-state index is -0.251. The number of rotatable bonds is 5. The predicted molar refractivity (Wildman–Crippen MR) is 104 cm³/mol. The van der Waals surface area contributed by atoms with Crippen LogP contribution in [0.15, 0.2) is 54.9 Å². The molecule has 5 nitrogen and oxygen atoms in total. The molecule has 132 valence electrons. The van der Waals surface area contributed by atoms with E-state index in [1.165, 1.54) is 11.9 Å². The van der Waals surface area contributed by atoms with Gasteiger partial charge in [0.1, 0.15) is 17.8 Å². The average Bonchev–Trinajstić information content (AvgIpc) is 2.65. The molecule has 2 aromatic carbocycles. The average molecular weight is 367 g/mol. The molecule has 6 heteroatoms. The predicted octanol–water partition coefficient (Wildman–Crippen LogP) is 4.42. The van der Waals surface area contributed by atoms with Gasteiger partial charge in [-0.1, -0.05) is 47.5 Å². The summed E-state index contributed by atoms with van der Waals surface area (Å²) >= 11 is 6.13. The maximum absolute atomic E-state index is 12.4. The highest BCUT2D eigenvalue weighted by Crippen LogP contribution is 2.25. The summed E-state index contributed by atoms with van der Waals surface area (Å²) in [6.07, 6.45) is 1.36. The van der Waals surface area contributed by atoms with Crippen LogP contribution in [0.3, 0.4) is 0 Å². The minimum Gasteiger partial charge on any atom is -0.347 e. The second-order valence-corrected chi connectivity index (χ2v) is 6.40. The molecule has 3 aromatic rings. The Morgan fingerprint density at radius 1 is 1.08 bits per heavy atom. The monoisotopic (exact) mass is 366 g/mol. The van der Waals surface area contributed by atoms with Crippen LogP contribution in [0, 0.1) is 13.8 Å². The van der Waals surface area contributed by atoms with Crippen LogP contribution in [-0.4, -0.2) is 15.9 Å². The number of carbonyl (C=O) groups excluding carboxylic acids is 1. The molecule has 0 aliphatic rings. The first-order chi connectivity index (χ1) is 12.5. The fourth-order valence-electron chi connectivity index (χ4n) is 2.41. The number of aromatic nitrogens is 2. The van der Waals surface area contributed by atoms with Crippen molar-refractivity contribution in [1.29, 1.82) is 0 Å². The van der Waals surface area contributed by atoms with E-state index in [4.69, 9.17) is 11.6 Å². The summed E-state index contributed by atoms with van der Waals surface area (Å²) in [6, 6.07) is 15.2. The van der Waals surface area contributed by atoms with Crippen molar-refractivity contribution in [1.82, 2.24) is 15.3 Å². The molecular weight excluding hydrogens is 348 g/mol. The van der Waals surface area contributed by atoms with E-state index in [0.717, 1.165) is 16.8 Å². The maximum Gasteiger partial charge on any atom is 0.270 e. The molecule has 0 saturated carbocycles. The van der Waals surface area contributed by atoms with Crippen LogP contribution in [0.5, 0.6) is 0 Å². The van der Waals surface area contributed by atoms with Crippen LogP contribution in [0.1, 0.15) is 27.2 Å². The Bertz CT molecular complexity index is 925. The molecule has 1 aromatic heterocycles. The van der Waals surface area contributed by atoms with Crippen molar-refractivity contribution in [2.24, 2.45) is 0 Å². The van der Waals surface area contributed by atoms with E-state index in [1.54, 1.807) is 6.07 Å². The van der Waals surface area contributed by atoms with Crippen molar-refractivity contribution in [3.63, 3.8) is 0 Å². The Balaban J connectivity index is 1.69. The van der Waals surface area contributed by atoms with Crippen molar-refractivity contribution in [2.75, 3.05) is 5.32 Å². The summed E-state index contributed by atoms with van der Waals surface area (Å²) in [4.78, 5) is 20.6. The zero-order valence-corrected chi connectivity index (χ0v) is 15.3. The number of hydrogen-bond acceptors (Lipinski definition) is 4. The molecule has 1 heterocycles. The third kappa shape index (κ3) is 4.37. The topological polar surface area (TPSA) is 66.9 Å². The fraction of sp³-hybridized carbons (Fsp3) is 0.150. The first kappa shape index (κ1) is 17.9. The summed E-state index contributed by atoms with van der Waals surface area (Å²) in [6.45, 7) is 4.39. The van der Waals surface area contributed by atoms with Crippen molar-refractivity contribution >= 4 is 29.0 Å². The van der Waals surface area contributed by atoms with Crippen molar-refractivity contribution in [3.05, 3.63) is 82.3 Å². The lowest BCUT2D eigenvalue weighted by molar-refractivity contribution is 0.0946. The molecule has 1 amide bonds. The second-order valence-electron chi connectivity index (χ2n) is 5.99. The summed E-state index contributed by atoms with van der Waals surface area (Å²) in [5, 5.41) is 6.71. The summed E-state index contributed by atoms with van der Waals surface area (Å²) in [5.74, 6) is 0.282. The third-order valence-electron chi connectivity index (χ3n) is 4.00. The number of benzene rings is 2. The molecule has 0 unspecified atom stereocenters. The number of carbonyl (C=O) groups is 1. The largest absolute Gasteiger partial charge is 0.347 e. The quantitative estimate of drug-likeness (QED) is 0.701.